The number of anilines is 3. The molecule has 1 fully saturated rings. The molecule has 0 spiro atoms. The van der Waals surface area contributed by atoms with Gasteiger partial charge in [-0.1, -0.05) is 0 Å². The second-order valence-electron chi connectivity index (χ2n) is 8.72. The molecule has 1 saturated heterocycles. The molecule has 13 heteroatoms. The van der Waals surface area contributed by atoms with E-state index in [1.807, 2.05) is 33.9 Å². The SMILES string of the molecule is CN(c1nccnc1Cn1ccc2cnc(Nc3ccc(C(=O)N4CCNCC4)cc3)nc21)S(C)(=O)=O. The third-order valence-corrected chi connectivity index (χ3v) is 7.33. The van der Waals surface area contributed by atoms with Crippen molar-refractivity contribution in [1.29, 1.82) is 0 Å². The van der Waals surface area contributed by atoms with Crippen LogP contribution in [0.3, 0.4) is 0 Å². The maximum absolute atomic E-state index is 12.7. The largest absolute Gasteiger partial charge is 0.336 e. The van der Waals surface area contributed by atoms with Crippen molar-refractivity contribution >= 4 is 44.4 Å². The van der Waals surface area contributed by atoms with Gasteiger partial charge in [-0.05, 0) is 30.3 Å². The van der Waals surface area contributed by atoms with Gasteiger partial charge in [0.15, 0.2) is 5.82 Å². The van der Waals surface area contributed by atoms with E-state index >= 15 is 0 Å². The van der Waals surface area contributed by atoms with Gasteiger partial charge < -0.3 is 20.1 Å². The Morgan fingerprint density at radius 2 is 1.81 bits per heavy atom. The minimum atomic E-state index is -3.50. The van der Waals surface area contributed by atoms with Gasteiger partial charge in [-0.3, -0.25) is 14.1 Å². The lowest BCUT2D eigenvalue weighted by Crippen LogP contribution is -2.46. The van der Waals surface area contributed by atoms with E-state index in [0.29, 0.717) is 35.9 Å². The summed E-state index contributed by atoms with van der Waals surface area (Å²) in [5.41, 5.74) is 2.53. The molecule has 1 aromatic carbocycles. The first kappa shape index (κ1) is 24.6. The molecule has 5 rings (SSSR count). The number of benzene rings is 1. The summed E-state index contributed by atoms with van der Waals surface area (Å²) in [4.78, 5) is 32.2. The Balaban J connectivity index is 1.35. The van der Waals surface area contributed by atoms with Crippen molar-refractivity contribution in [2.45, 2.75) is 6.54 Å². The minimum Gasteiger partial charge on any atom is -0.336 e. The van der Waals surface area contributed by atoms with Crippen LogP contribution in [0.4, 0.5) is 17.5 Å². The maximum Gasteiger partial charge on any atom is 0.253 e. The third kappa shape index (κ3) is 5.37. The number of hydrogen-bond donors (Lipinski definition) is 2. The van der Waals surface area contributed by atoms with Crippen LogP contribution >= 0.6 is 0 Å². The summed E-state index contributed by atoms with van der Waals surface area (Å²) in [5, 5.41) is 7.26. The average Bonchev–Trinajstić information content (AvgIpc) is 3.30. The second-order valence-corrected chi connectivity index (χ2v) is 10.7. The highest BCUT2D eigenvalue weighted by molar-refractivity contribution is 7.92. The molecule has 0 aliphatic carbocycles. The summed E-state index contributed by atoms with van der Waals surface area (Å²) < 4.78 is 27.1. The van der Waals surface area contributed by atoms with Crippen LogP contribution in [0.1, 0.15) is 16.1 Å². The normalized spacial score (nSPS) is 14.1. The number of amides is 1. The van der Waals surface area contributed by atoms with Crippen molar-refractivity contribution in [1.82, 2.24) is 34.7 Å². The fourth-order valence-electron chi connectivity index (χ4n) is 4.09. The van der Waals surface area contributed by atoms with Crippen molar-refractivity contribution in [2.24, 2.45) is 0 Å². The predicted molar refractivity (Wildman–Crippen MR) is 140 cm³/mol. The van der Waals surface area contributed by atoms with Crippen molar-refractivity contribution in [2.75, 3.05) is 49.1 Å². The van der Waals surface area contributed by atoms with E-state index in [-0.39, 0.29) is 18.3 Å². The fraction of sp³-hybridized carbons (Fsp3) is 0.292. The molecular weight excluding hydrogens is 494 g/mol. The zero-order chi connectivity index (χ0) is 26.0. The zero-order valence-corrected chi connectivity index (χ0v) is 21.3. The monoisotopic (exact) mass is 521 g/mol. The van der Waals surface area contributed by atoms with Crippen molar-refractivity contribution in [3.05, 3.63) is 66.4 Å². The number of fused-ring (bicyclic) bond motifs is 1. The van der Waals surface area contributed by atoms with Gasteiger partial charge in [-0.2, -0.15) is 4.98 Å². The van der Waals surface area contributed by atoms with Gasteiger partial charge in [0, 0.05) is 74.7 Å². The molecule has 0 saturated carbocycles. The van der Waals surface area contributed by atoms with E-state index in [1.54, 1.807) is 18.3 Å². The lowest BCUT2D eigenvalue weighted by atomic mass is 10.1. The smallest absolute Gasteiger partial charge is 0.253 e. The molecule has 1 aliphatic heterocycles. The number of hydrogen-bond acceptors (Lipinski definition) is 9. The molecule has 4 heterocycles. The number of nitrogens with zero attached hydrogens (tertiary/aromatic N) is 7. The zero-order valence-electron chi connectivity index (χ0n) is 20.5. The molecule has 1 aliphatic rings. The van der Waals surface area contributed by atoms with Crippen LogP contribution in [-0.2, 0) is 16.6 Å². The molecule has 37 heavy (non-hydrogen) atoms. The van der Waals surface area contributed by atoms with E-state index in [2.05, 4.69) is 30.6 Å². The summed E-state index contributed by atoms with van der Waals surface area (Å²) in [5.74, 6) is 0.671. The Hall–Kier alpha value is -4.10. The first-order chi connectivity index (χ1) is 17.8. The highest BCUT2D eigenvalue weighted by Crippen LogP contribution is 2.22. The Kier molecular flexibility index (Phi) is 6.72. The number of carbonyl (C=O) groups excluding carboxylic acids is 1. The standard InChI is InChI=1S/C24H27N9O3S/c1-31(37(2,35)36)22-20(26-8-9-27-22)16-33-12-7-18-15-28-24(30-21(18)33)29-19-5-3-17(4-6-19)23(34)32-13-10-25-11-14-32/h3-9,12,15,25H,10-11,13-14,16H2,1-2H3,(H,28,29,30). The molecule has 0 unspecified atom stereocenters. The van der Waals surface area contributed by atoms with E-state index in [0.717, 1.165) is 34.7 Å². The molecule has 0 atom stereocenters. The number of aromatic nitrogens is 5. The average molecular weight is 522 g/mol. The van der Waals surface area contributed by atoms with E-state index in [4.69, 9.17) is 0 Å². The molecular formula is C24H27N9O3S. The van der Waals surface area contributed by atoms with Crippen LogP contribution in [-0.4, -0.2) is 83.2 Å². The molecule has 2 N–H and O–H groups in total. The Labute approximate surface area is 214 Å². The molecule has 0 radical (unpaired) electrons. The fourth-order valence-corrected chi connectivity index (χ4v) is 4.55. The quantitative estimate of drug-likeness (QED) is 0.370. The Bertz CT molecular complexity index is 1530. The van der Waals surface area contributed by atoms with Crippen LogP contribution in [0.5, 0.6) is 0 Å². The van der Waals surface area contributed by atoms with Gasteiger partial charge >= 0.3 is 0 Å². The number of piperazine rings is 1. The lowest BCUT2D eigenvalue weighted by molar-refractivity contribution is 0.0736. The maximum atomic E-state index is 12.7. The Morgan fingerprint density at radius 1 is 1.08 bits per heavy atom. The van der Waals surface area contributed by atoms with Gasteiger partial charge in [0.05, 0.1) is 12.8 Å². The summed E-state index contributed by atoms with van der Waals surface area (Å²) >= 11 is 0. The van der Waals surface area contributed by atoms with E-state index in [1.165, 1.54) is 19.4 Å². The second kappa shape index (κ2) is 10.1. The number of rotatable bonds is 7. The van der Waals surface area contributed by atoms with Gasteiger partial charge in [-0.15, -0.1) is 0 Å². The topological polar surface area (TPSA) is 138 Å². The number of carbonyl (C=O) groups is 1. The van der Waals surface area contributed by atoms with E-state index < -0.39 is 10.0 Å². The first-order valence-electron chi connectivity index (χ1n) is 11.7. The van der Waals surface area contributed by atoms with Gasteiger partial charge in [0.2, 0.25) is 16.0 Å². The minimum absolute atomic E-state index is 0.0217. The predicted octanol–water partition coefficient (Wildman–Crippen LogP) is 1.45. The van der Waals surface area contributed by atoms with Gasteiger partial charge in [0.1, 0.15) is 11.3 Å². The van der Waals surface area contributed by atoms with Crippen LogP contribution in [0.25, 0.3) is 11.0 Å². The molecule has 4 aromatic rings. The molecule has 192 valence electrons. The molecule has 12 nitrogen and oxygen atoms in total. The summed E-state index contributed by atoms with van der Waals surface area (Å²) in [6.45, 7) is 3.28. The molecule has 0 bridgehead atoms. The van der Waals surface area contributed by atoms with Crippen molar-refractivity contribution in [3.63, 3.8) is 0 Å². The molecule has 3 aromatic heterocycles. The van der Waals surface area contributed by atoms with Gasteiger partial charge in [0.25, 0.3) is 5.91 Å². The lowest BCUT2D eigenvalue weighted by Gasteiger charge is -2.27. The highest BCUT2D eigenvalue weighted by atomic mass is 32.2. The van der Waals surface area contributed by atoms with Crippen LogP contribution < -0.4 is 14.9 Å². The van der Waals surface area contributed by atoms with Crippen LogP contribution in [0.15, 0.2) is 55.1 Å². The summed E-state index contributed by atoms with van der Waals surface area (Å²) in [7, 11) is -2.05. The summed E-state index contributed by atoms with van der Waals surface area (Å²) in [6.07, 6.45) is 7.66. The van der Waals surface area contributed by atoms with Crippen molar-refractivity contribution < 1.29 is 13.2 Å². The first-order valence-corrected chi connectivity index (χ1v) is 13.6. The number of nitrogens with one attached hydrogen (secondary N) is 2. The molecule has 1 amide bonds. The number of sulfonamides is 1. The van der Waals surface area contributed by atoms with Crippen LogP contribution in [0.2, 0.25) is 0 Å². The Morgan fingerprint density at radius 3 is 2.54 bits per heavy atom. The van der Waals surface area contributed by atoms with Crippen LogP contribution in [0, 0.1) is 0 Å². The summed E-state index contributed by atoms with van der Waals surface area (Å²) in [6, 6.07) is 9.12. The van der Waals surface area contributed by atoms with Gasteiger partial charge in [-0.25, -0.2) is 18.4 Å². The van der Waals surface area contributed by atoms with Crippen molar-refractivity contribution in [3.8, 4) is 0 Å². The highest BCUT2D eigenvalue weighted by Gasteiger charge is 2.20. The third-order valence-electron chi connectivity index (χ3n) is 6.16. The van der Waals surface area contributed by atoms with E-state index in [9.17, 15) is 13.2 Å².